The van der Waals surface area contributed by atoms with Crippen LogP contribution < -0.4 is 5.32 Å². The number of nitriles is 1. The van der Waals surface area contributed by atoms with Crippen molar-refractivity contribution in [2.24, 2.45) is 7.05 Å². The van der Waals surface area contributed by atoms with Gasteiger partial charge in [0.2, 0.25) is 0 Å². The van der Waals surface area contributed by atoms with E-state index in [4.69, 9.17) is 5.26 Å². The third-order valence-electron chi connectivity index (χ3n) is 2.23. The summed E-state index contributed by atoms with van der Waals surface area (Å²) >= 11 is 0. The molecular weight excluding hydrogens is 192 g/mol. The normalized spacial score (nSPS) is 9.67. The number of hydrogen-bond donors (Lipinski definition) is 1. The number of rotatable bonds is 4. The van der Waals surface area contributed by atoms with Gasteiger partial charge in [0.1, 0.15) is 0 Å². The van der Waals surface area contributed by atoms with Gasteiger partial charge in [-0.15, -0.1) is 0 Å². The Labute approximate surface area is 88.7 Å². The topological polar surface area (TPSA) is 70.7 Å². The standard InChI is InChI=1S/C10H14N4O/c1-8-9(7-13-14(8)2)10(15)12-6-4-3-5-11/h7H,3-4,6H2,1-2H3,(H,12,15). The van der Waals surface area contributed by atoms with Crippen LogP contribution in [0.1, 0.15) is 28.9 Å². The molecule has 80 valence electrons. The first-order valence-corrected chi connectivity index (χ1v) is 4.80. The zero-order chi connectivity index (χ0) is 11.3. The molecule has 15 heavy (non-hydrogen) atoms. The number of nitrogens with one attached hydrogen (secondary N) is 1. The van der Waals surface area contributed by atoms with Crippen LogP contribution in [0, 0.1) is 18.3 Å². The second-order valence-electron chi connectivity index (χ2n) is 3.28. The Hall–Kier alpha value is -1.83. The molecular formula is C10H14N4O. The number of hydrogen-bond acceptors (Lipinski definition) is 3. The number of nitrogens with zero attached hydrogens (tertiary/aromatic N) is 3. The number of carbonyl (C=O) groups is 1. The van der Waals surface area contributed by atoms with Gasteiger partial charge in [0.25, 0.3) is 5.91 Å². The van der Waals surface area contributed by atoms with Gasteiger partial charge in [0, 0.05) is 25.7 Å². The summed E-state index contributed by atoms with van der Waals surface area (Å²) in [5.74, 6) is -0.126. The van der Waals surface area contributed by atoms with E-state index >= 15 is 0 Å². The maximum atomic E-state index is 11.6. The summed E-state index contributed by atoms with van der Waals surface area (Å²) in [6.07, 6.45) is 2.70. The second kappa shape index (κ2) is 5.15. The van der Waals surface area contributed by atoms with Gasteiger partial charge in [0.05, 0.1) is 17.8 Å². The van der Waals surface area contributed by atoms with Crippen molar-refractivity contribution in [2.75, 3.05) is 6.54 Å². The van der Waals surface area contributed by atoms with Crippen molar-refractivity contribution >= 4 is 5.91 Å². The molecule has 5 heteroatoms. The third-order valence-corrected chi connectivity index (χ3v) is 2.23. The van der Waals surface area contributed by atoms with Crippen LogP contribution >= 0.6 is 0 Å². The summed E-state index contributed by atoms with van der Waals surface area (Å²) in [7, 11) is 1.79. The van der Waals surface area contributed by atoms with Crippen molar-refractivity contribution in [3.05, 3.63) is 17.5 Å². The van der Waals surface area contributed by atoms with E-state index < -0.39 is 0 Å². The predicted octanol–water partition coefficient (Wildman–Crippen LogP) is 0.762. The Kier molecular flexibility index (Phi) is 3.86. The zero-order valence-corrected chi connectivity index (χ0v) is 8.95. The molecule has 0 aliphatic carbocycles. The smallest absolute Gasteiger partial charge is 0.254 e. The molecule has 5 nitrogen and oxygen atoms in total. The lowest BCUT2D eigenvalue weighted by atomic mass is 10.2. The first kappa shape index (κ1) is 11.2. The minimum absolute atomic E-state index is 0.126. The van der Waals surface area contributed by atoms with Gasteiger partial charge in [-0.3, -0.25) is 9.48 Å². The highest BCUT2D eigenvalue weighted by molar-refractivity contribution is 5.94. The monoisotopic (exact) mass is 206 g/mol. The van der Waals surface area contributed by atoms with E-state index in [1.807, 2.05) is 13.0 Å². The zero-order valence-electron chi connectivity index (χ0n) is 8.95. The molecule has 0 unspecified atom stereocenters. The highest BCUT2D eigenvalue weighted by Gasteiger charge is 2.11. The van der Waals surface area contributed by atoms with E-state index in [-0.39, 0.29) is 5.91 Å². The molecule has 0 saturated heterocycles. The van der Waals surface area contributed by atoms with Crippen molar-refractivity contribution in [3.8, 4) is 6.07 Å². The molecule has 0 saturated carbocycles. The minimum atomic E-state index is -0.126. The third kappa shape index (κ3) is 2.81. The van der Waals surface area contributed by atoms with Crippen molar-refractivity contribution in [1.29, 1.82) is 5.26 Å². The molecule has 1 N–H and O–H groups in total. The fourth-order valence-corrected chi connectivity index (χ4v) is 1.19. The van der Waals surface area contributed by atoms with Crippen LogP contribution in [0.5, 0.6) is 0 Å². The van der Waals surface area contributed by atoms with Crippen LogP contribution in [0.4, 0.5) is 0 Å². The van der Waals surface area contributed by atoms with Crippen LogP contribution in [0.25, 0.3) is 0 Å². The Morgan fingerprint density at radius 2 is 2.47 bits per heavy atom. The lowest BCUT2D eigenvalue weighted by Crippen LogP contribution is -2.24. The van der Waals surface area contributed by atoms with E-state index in [0.717, 1.165) is 5.69 Å². The summed E-state index contributed by atoms with van der Waals surface area (Å²) in [4.78, 5) is 11.6. The van der Waals surface area contributed by atoms with E-state index in [9.17, 15) is 4.79 Å². The van der Waals surface area contributed by atoms with Crippen molar-refractivity contribution in [2.45, 2.75) is 19.8 Å². The Bertz CT molecular complexity index is 389. The summed E-state index contributed by atoms with van der Waals surface area (Å²) in [6.45, 7) is 2.37. The van der Waals surface area contributed by atoms with E-state index in [2.05, 4.69) is 10.4 Å². The van der Waals surface area contributed by atoms with Crippen molar-refractivity contribution in [3.63, 3.8) is 0 Å². The minimum Gasteiger partial charge on any atom is -0.352 e. The fourth-order valence-electron chi connectivity index (χ4n) is 1.19. The van der Waals surface area contributed by atoms with Gasteiger partial charge in [-0.25, -0.2) is 0 Å². The van der Waals surface area contributed by atoms with Crippen LogP contribution in [0.3, 0.4) is 0 Å². The molecule has 0 aliphatic rings. The highest BCUT2D eigenvalue weighted by atomic mass is 16.1. The highest BCUT2D eigenvalue weighted by Crippen LogP contribution is 2.04. The maximum absolute atomic E-state index is 11.6. The number of aromatic nitrogens is 2. The lowest BCUT2D eigenvalue weighted by Gasteiger charge is -2.02. The average molecular weight is 206 g/mol. The van der Waals surface area contributed by atoms with Crippen molar-refractivity contribution < 1.29 is 4.79 Å². The van der Waals surface area contributed by atoms with E-state index in [1.165, 1.54) is 0 Å². The molecule has 0 atom stereocenters. The van der Waals surface area contributed by atoms with Gasteiger partial charge in [-0.2, -0.15) is 10.4 Å². The van der Waals surface area contributed by atoms with Crippen LogP contribution in [0.2, 0.25) is 0 Å². The summed E-state index contributed by atoms with van der Waals surface area (Å²) in [5, 5.41) is 15.0. The van der Waals surface area contributed by atoms with E-state index in [0.29, 0.717) is 24.9 Å². The number of carbonyl (C=O) groups excluding carboxylic acids is 1. The number of unbranched alkanes of at least 4 members (excludes halogenated alkanes) is 1. The Morgan fingerprint density at radius 1 is 1.73 bits per heavy atom. The Morgan fingerprint density at radius 3 is 3.00 bits per heavy atom. The SMILES string of the molecule is Cc1c(C(=O)NCCCC#N)cnn1C. The van der Waals surface area contributed by atoms with E-state index in [1.54, 1.807) is 17.9 Å². The lowest BCUT2D eigenvalue weighted by molar-refractivity contribution is 0.0952. The summed E-state index contributed by atoms with van der Waals surface area (Å²) in [5.41, 5.74) is 1.43. The molecule has 0 spiro atoms. The van der Waals surface area contributed by atoms with Gasteiger partial charge >= 0.3 is 0 Å². The summed E-state index contributed by atoms with van der Waals surface area (Å²) < 4.78 is 1.66. The first-order valence-electron chi connectivity index (χ1n) is 4.80. The van der Waals surface area contributed by atoms with Crippen LogP contribution in [-0.2, 0) is 7.05 Å². The molecule has 1 amide bonds. The molecule has 0 aromatic carbocycles. The molecule has 1 rings (SSSR count). The first-order chi connectivity index (χ1) is 7.16. The summed E-state index contributed by atoms with van der Waals surface area (Å²) in [6, 6.07) is 2.03. The second-order valence-corrected chi connectivity index (χ2v) is 3.28. The van der Waals surface area contributed by atoms with Crippen LogP contribution in [-0.4, -0.2) is 22.2 Å². The van der Waals surface area contributed by atoms with Gasteiger partial charge in [0.15, 0.2) is 0 Å². The molecule has 1 heterocycles. The number of aryl methyl sites for hydroxylation is 1. The number of amides is 1. The van der Waals surface area contributed by atoms with Gasteiger partial charge in [-0.05, 0) is 13.3 Å². The Balaban J connectivity index is 2.48. The van der Waals surface area contributed by atoms with Crippen LogP contribution in [0.15, 0.2) is 6.20 Å². The molecule has 1 aromatic heterocycles. The molecule has 1 aromatic rings. The predicted molar refractivity (Wildman–Crippen MR) is 55.1 cm³/mol. The molecule has 0 fully saturated rings. The molecule has 0 bridgehead atoms. The molecule has 0 aliphatic heterocycles. The van der Waals surface area contributed by atoms with Crippen molar-refractivity contribution in [1.82, 2.24) is 15.1 Å². The van der Waals surface area contributed by atoms with Gasteiger partial charge in [-0.1, -0.05) is 0 Å². The fraction of sp³-hybridized carbons (Fsp3) is 0.500. The largest absolute Gasteiger partial charge is 0.352 e. The average Bonchev–Trinajstić information content (AvgIpc) is 2.55. The quantitative estimate of drug-likeness (QED) is 0.739. The van der Waals surface area contributed by atoms with Gasteiger partial charge < -0.3 is 5.32 Å². The molecule has 0 radical (unpaired) electrons. The maximum Gasteiger partial charge on any atom is 0.254 e.